The van der Waals surface area contributed by atoms with Gasteiger partial charge in [0.2, 0.25) is 0 Å². The fraction of sp³-hybridized carbons (Fsp3) is 0.438. The van der Waals surface area contributed by atoms with Crippen molar-refractivity contribution in [3.8, 4) is 0 Å². The van der Waals surface area contributed by atoms with E-state index in [9.17, 15) is 9.59 Å². The number of rotatable bonds is 9. The first-order chi connectivity index (χ1) is 11.2. The van der Waals surface area contributed by atoms with Gasteiger partial charge in [0.05, 0.1) is 12.4 Å². The van der Waals surface area contributed by atoms with Crippen LogP contribution in [0.4, 0.5) is 0 Å². The fourth-order valence-electron chi connectivity index (χ4n) is 1.99. The Morgan fingerprint density at radius 2 is 2.13 bits per heavy atom. The Kier molecular flexibility index (Phi) is 6.93. The molecule has 0 radical (unpaired) electrons. The number of unbranched alkanes of at least 4 members (excludes halogenated alkanes) is 1. The number of carbonyl (C=O) groups excluding carboxylic acids is 1. The Labute approximate surface area is 139 Å². The number of aromatic amines is 1. The normalized spacial score (nSPS) is 10.7. The largest absolute Gasteiger partial charge is 0.465 e. The summed E-state index contributed by atoms with van der Waals surface area (Å²) in [5, 5.41) is 6.92. The molecule has 0 fully saturated rings. The zero-order chi connectivity index (χ0) is 16.5. The number of aryl methyl sites for hydroxylation is 1. The molecule has 0 saturated heterocycles. The van der Waals surface area contributed by atoms with Gasteiger partial charge in [0, 0.05) is 6.54 Å². The van der Waals surface area contributed by atoms with Gasteiger partial charge >= 0.3 is 11.7 Å². The number of nitrogens with zero attached hydrogens (tertiary/aromatic N) is 2. The molecular formula is C16H21N3O3S. The van der Waals surface area contributed by atoms with E-state index in [1.165, 1.54) is 11.8 Å². The van der Waals surface area contributed by atoms with Gasteiger partial charge in [0.25, 0.3) is 0 Å². The summed E-state index contributed by atoms with van der Waals surface area (Å²) in [7, 11) is 0. The first-order valence-electron chi connectivity index (χ1n) is 7.68. The Morgan fingerprint density at radius 3 is 2.87 bits per heavy atom. The van der Waals surface area contributed by atoms with E-state index in [2.05, 4.69) is 10.2 Å². The summed E-state index contributed by atoms with van der Waals surface area (Å²) in [5.41, 5.74) is 0.887. The highest BCUT2D eigenvalue weighted by molar-refractivity contribution is 7.99. The molecule has 1 aromatic heterocycles. The number of benzene rings is 1. The SMILES string of the molecule is CCCCOC(=O)CSc1n[nH]c(=O)n1CCc1ccccc1. The number of thioether (sulfide) groups is 1. The molecule has 2 aromatic rings. The fourth-order valence-corrected chi connectivity index (χ4v) is 2.76. The van der Waals surface area contributed by atoms with E-state index in [-0.39, 0.29) is 17.4 Å². The van der Waals surface area contributed by atoms with Crippen LogP contribution in [-0.4, -0.2) is 33.1 Å². The summed E-state index contributed by atoms with van der Waals surface area (Å²) in [4.78, 5) is 23.5. The monoisotopic (exact) mass is 335 g/mol. The van der Waals surface area contributed by atoms with Crippen molar-refractivity contribution in [2.75, 3.05) is 12.4 Å². The lowest BCUT2D eigenvalue weighted by molar-refractivity contribution is -0.140. The summed E-state index contributed by atoms with van der Waals surface area (Å²) in [6, 6.07) is 9.93. The highest BCUT2D eigenvalue weighted by Crippen LogP contribution is 2.14. The third kappa shape index (κ3) is 5.59. The smallest absolute Gasteiger partial charge is 0.343 e. The number of esters is 1. The minimum absolute atomic E-state index is 0.152. The topological polar surface area (TPSA) is 77.0 Å². The Balaban J connectivity index is 1.88. The molecule has 7 heteroatoms. The molecule has 6 nitrogen and oxygen atoms in total. The second-order valence-electron chi connectivity index (χ2n) is 5.06. The molecule has 0 aliphatic carbocycles. The number of ether oxygens (including phenoxy) is 1. The van der Waals surface area contributed by atoms with E-state index >= 15 is 0 Å². The second-order valence-corrected chi connectivity index (χ2v) is 6.00. The van der Waals surface area contributed by atoms with Gasteiger partial charge in [0.1, 0.15) is 0 Å². The number of hydrogen-bond donors (Lipinski definition) is 1. The van der Waals surface area contributed by atoms with Gasteiger partial charge < -0.3 is 4.74 Å². The van der Waals surface area contributed by atoms with Gasteiger partial charge in [-0.25, -0.2) is 9.89 Å². The molecule has 0 unspecified atom stereocenters. The molecule has 0 bridgehead atoms. The van der Waals surface area contributed by atoms with Crippen LogP contribution in [0.2, 0.25) is 0 Å². The molecule has 124 valence electrons. The first-order valence-corrected chi connectivity index (χ1v) is 8.66. The van der Waals surface area contributed by atoms with E-state index in [1.807, 2.05) is 37.3 Å². The third-order valence-electron chi connectivity index (χ3n) is 3.27. The lowest BCUT2D eigenvalue weighted by atomic mass is 10.1. The van der Waals surface area contributed by atoms with E-state index < -0.39 is 0 Å². The van der Waals surface area contributed by atoms with Crippen LogP contribution >= 0.6 is 11.8 Å². The summed E-state index contributed by atoms with van der Waals surface area (Å²) in [6.07, 6.45) is 2.58. The van der Waals surface area contributed by atoms with Gasteiger partial charge in [-0.05, 0) is 18.4 Å². The van der Waals surface area contributed by atoms with Crippen molar-refractivity contribution in [2.24, 2.45) is 0 Å². The standard InChI is InChI=1S/C16H21N3O3S/c1-2-3-11-22-14(20)12-23-16-18-17-15(21)19(16)10-9-13-7-5-4-6-8-13/h4-8H,2-3,9-12H2,1H3,(H,17,21). The van der Waals surface area contributed by atoms with Crippen molar-refractivity contribution in [1.29, 1.82) is 0 Å². The van der Waals surface area contributed by atoms with Gasteiger partial charge in [-0.3, -0.25) is 9.36 Å². The van der Waals surface area contributed by atoms with E-state index in [0.29, 0.717) is 18.3 Å². The number of hydrogen-bond acceptors (Lipinski definition) is 5. The van der Waals surface area contributed by atoms with E-state index in [0.717, 1.165) is 24.8 Å². The minimum atomic E-state index is -0.284. The first kappa shape index (κ1) is 17.3. The highest BCUT2D eigenvalue weighted by atomic mass is 32.2. The maximum Gasteiger partial charge on any atom is 0.343 e. The van der Waals surface area contributed by atoms with Crippen LogP contribution in [0.25, 0.3) is 0 Å². The molecular weight excluding hydrogens is 314 g/mol. The predicted molar refractivity (Wildman–Crippen MR) is 89.6 cm³/mol. The lowest BCUT2D eigenvalue weighted by Gasteiger charge is -2.06. The number of aromatic nitrogens is 3. The van der Waals surface area contributed by atoms with Crippen molar-refractivity contribution in [3.63, 3.8) is 0 Å². The summed E-state index contributed by atoms with van der Waals surface area (Å²) in [5.74, 6) is -0.132. The number of H-pyrrole nitrogens is 1. The zero-order valence-corrected chi connectivity index (χ0v) is 14.0. The van der Waals surface area contributed by atoms with E-state index in [4.69, 9.17) is 4.74 Å². The van der Waals surface area contributed by atoms with Crippen LogP contribution in [0.1, 0.15) is 25.3 Å². The Hall–Kier alpha value is -2.02. The van der Waals surface area contributed by atoms with Gasteiger partial charge in [-0.1, -0.05) is 55.4 Å². The molecule has 0 amide bonds. The van der Waals surface area contributed by atoms with Crippen LogP contribution in [0.5, 0.6) is 0 Å². The Bertz CT molecular complexity index is 667. The maximum absolute atomic E-state index is 11.8. The van der Waals surface area contributed by atoms with Gasteiger partial charge in [0.15, 0.2) is 5.16 Å². The van der Waals surface area contributed by atoms with Crippen molar-refractivity contribution in [3.05, 3.63) is 46.4 Å². The summed E-state index contributed by atoms with van der Waals surface area (Å²) < 4.78 is 6.65. The minimum Gasteiger partial charge on any atom is -0.465 e. The van der Waals surface area contributed by atoms with Gasteiger partial charge in [-0.15, -0.1) is 5.10 Å². The van der Waals surface area contributed by atoms with Crippen molar-refractivity contribution in [1.82, 2.24) is 14.8 Å². The van der Waals surface area contributed by atoms with Crippen LogP contribution in [0.15, 0.2) is 40.3 Å². The lowest BCUT2D eigenvalue weighted by Crippen LogP contribution is -2.19. The van der Waals surface area contributed by atoms with Crippen molar-refractivity contribution < 1.29 is 9.53 Å². The molecule has 0 aliphatic rings. The number of nitrogens with one attached hydrogen (secondary N) is 1. The van der Waals surface area contributed by atoms with Crippen molar-refractivity contribution in [2.45, 2.75) is 37.9 Å². The average Bonchev–Trinajstić information content (AvgIpc) is 2.92. The molecule has 23 heavy (non-hydrogen) atoms. The van der Waals surface area contributed by atoms with E-state index in [1.54, 1.807) is 4.57 Å². The quantitative estimate of drug-likeness (QED) is 0.432. The number of carbonyl (C=O) groups is 1. The molecule has 1 N–H and O–H groups in total. The molecule has 0 saturated carbocycles. The summed E-state index contributed by atoms with van der Waals surface area (Å²) >= 11 is 1.22. The second kappa shape index (κ2) is 9.19. The molecule has 0 atom stereocenters. The Morgan fingerprint density at radius 1 is 1.35 bits per heavy atom. The predicted octanol–water partition coefficient (Wildman–Crippen LogP) is 2.25. The third-order valence-corrected chi connectivity index (χ3v) is 4.22. The molecule has 0 spiro atoms. The molecule has 0 aliphatic heterocycles. The molecule has 1 heterocycles. The molecule has 1 aromatic carbocycles. The average molecular weight is 335 g/mol. The van der Waals surface area contributed by atoms with Gasteiger partial charge in [-0.2, -0.15) is 0 Å². The molecule has 2 rings (SSSR count). The van der Waals surface area contributed by atoms with Crippen LogP contribution in [0.3, 0.4) is 0 Å². The summed E-state index contributed by atoms with van der Waals surface area (Å²) in [6.45, 7) is 3.00. The van der Waals surface area contributed by atoms with Crippen LogP contribution in [-0.2, 0) is 22.5 Å². The highest BCUT2D eigenvalue weighted by Gasteiger charge is 2.12. The van der Waals surface area contributed by atoms with Crippen molar-refractivity contribution >= 4 is 17.7 Å². The maximum atomic E-state index is 11.8. The van der Waals surface area contributed by atoms with Crippen LogP contribution in [0, 0.1) is 0 Å². The zero-order valence-electron chi connectivity index (χ0n) is 13.2. The van der Waals surface area contributed by atoms with Crippen LogP contribution < -0.4 is 5.69 Å².